The van der Waals surface area contributed by atoms with Gasteiger partial charge in [-0.05, 0) is 25.0 Å². The summed E-state index contributed by atoms with van der Waals surface area (Å²) in [6, 6.07) is 2.95. The van der Waals surface area contributed by atoms with E-state index in [1.807, 2.05) is 0 Å². The molecule has 1 aromatic rings. The lowest BCUT2D eigenvalue weighted by Gasteiger charge is -2.40. The number of rotatable bonds is 3. The minimum Gasteiger partial charge on any atom is -0.469 e. The Morgan fingerprint density at radius 1 is 1.62 bits per heavy atom. The summed E-state index contributed by atoms with van der Waals surface area (Å²) in [5.74, 6) is -0.629. The summed E-state index contributed by atoms with van der Waals surface area (Å²) in [7, 11) is 1.35. The first kappa shape index (κ1) is 11.0. The number of esters is 1. The van der Waals surface area contributed by atoms with E-state index in [-0.39, 0.29) is 18.2 Å². The Hall–Kier alpha value is -1.45. The van der Waals surface area contributed by atoms with Crippen molar-refractivity contribution in [2.75, 3.05) is 7.11 Å². The van der Waals surface area contributed by atoms with Gasteiger partial charge in [-0.1, -0.05) is 6.42 Å². The van der Waals surface area contributed by atoms with E-state index >= 15 is 0 Å². The van der Waals surface area contributed by atoms with Gasteiger partial charge in [0.15, 0.2) is 0 Å². The highest BCUT2D eigenvalue weighted by atomic mass is 19.1. The lowest BCUT2D eigenvalue weighted by atomic mass is 9.64. The third-order valence-corrected chi connectivity index (χ3v) is 3.28. The molecule has 1 fully saturated rings. The van der Waals surface area contributed by atoms with Crippen molar-refractivity contribution in [2.24, 2.45) is 0 Å². The van der Waals surface area contributed by atoms with E-state index in [4.69, 9.17) is 0 Å². The van der Waals surface area contributed by atoms with Gasteiger partial charge < -0.3 is 4.74 Å². The van der Waals surface area contributed by atoms with E-state index in [0.717, 1.165) is 19.3 Å². The van der Waals surface area contributed by atoms with Gasteiger partial charge in [-0.25, -0.2) is 4.39 Å². The molecule has 0 unspecified atom stereocenters. The van der Waals surface area contributed by atoms with Crippen molar-refractivity contribution in [2.45, 2.75) is 31.1 Å². The van der Waals surface area contributed by atoms with E-state index in [2.05, 4.69) is 9.72 Å². The average molecular weight is 223 g/mol. The Kier molecular flexibility index (Phi) is 2.90. The molecule has 3 nitrogen and oxygen atoms in total. The van der Waals surface area contributed by atoms with Crippen molar-refractivity contribution >= 4 is 5.97 Å². The summed E-state index contributed by atoms with van der Waals surface area (Å²) in [6.45, 7) is 0. The minimum absolute atomic E-state index is 0.220. The fourth-order valence-corrected chi connectivity index (χ4v) is 2.23. The summed E-state index contributed by atoms with van der Waals surface area (Å²) >= 11 is 0. The maximum Gasteiger partial charge on any atom is 0.306 e. The van der Waals surface area contributed by atoms with Gasteiger partial charge in [0.25, 0.3) is 0 Å². The molecule has 0 radical (unpaired) electrons. The van der Waals surface area contributed by atoms with Gasteiger partial charge in [-0.2, -0.15) is 0 Å². The third kappa shape index (κ3) is 1.79. The number of hydrogen-bond donors (Lipinski definition) is 0. The lowest BCUT2D eigenvalue weighted by molar-refractivity contribution is -0.143. The van der Waals surface area contributed by atoms with Crippen molar-refractivity contribution in [3.05, 3.63) is 29.8 Å². The fraction of sp³-hybridized carbons (Fsp3) is 0.500. The van der Waals surface area contributed by atoms with Crippen LogP contribution in [0.1, 0.15) is 31.4 Å². The highest BCUT2D eigenvalue weighted by Gasteiger charge is 2.43. The number of halogens is 1. The zero-order chi connectivity index (χ0) is 11.6. The molecule has 0 saturated heterocycles. The minimum atomic E-state index is -0.432. The molecule has 2 rings (SSSR count). The number of ether oxygens (including phenoxy) is 1. The van der Waals surface area contributed by atoms with E-state index in [1.165, 1.54) is 13.2 Å². The van der Waals surface area contributed by atoms with E-state index < -0.39 is 5.41 Å². The summed E-state index contributed by atoms with van der Waals surface area (Å²) in [5, 5.41) is 0. The average Bonchev–Trinajstić information content (AvgIpc) is 2.24. The smallest absolute Gasteiger partial charge is 0.306 e. The first-order valence-electron chi connectivity index (χ1n) is 5.36. The molecular formula is C12H14FNO2. The largest absolute Gasteiger partial charge is 0.469 e. The van der Waals surface area contributed by atoms with Crippen LogP contribution in [0.4, 0.5) is 4.39 Å². The maximum atomic E-state index is 13.6. The summed E-state index contributed by atoms with van der Waals surface area (Å²) in [4.78, 5) is 15.4. The van der Waals surface area contributed by atoms with Gasteiger partial charge in [-0.15, -0.1) is 0 Å². The molecule has 1 aliphatic rings. The van der Waals surface area contributed by atoms with Gasteiger partial charge in [-0.3, -0.25) is 9.78 Å². The van der Waals surface area contributed by atoms with Crippen molar-refractivity contribution in [3.8, 4) is 0 Å². The number of hydrogen-bond acceptors (Lipinski definition) is 3. The lowest BCUT2D eigenvalue weighted by Crippen LogP contribution is -2.38. The van der Waals surface area contributed by atoms with E-state index in [1.54, 1.807) is 12.3 Å². The molecule has 0 bridgehead atoms. The van der Waals surface area contributed by atoms with Crippen LogP contribution in [0.2, 0.25) is 0 Å². The van der Waals surface area contributed by atoms with Gasteiger partial charge in [0.2, 0.25) is 0 Å². The Morgan fingerprint density at radius 3 is 2.88 bits per heavy atom. The van der Waals surface area contributed by atoms with Crippen LogP contribution >= 0.6 is 0 Å². The standard InChI is InChI=1S/C12H14FNO2/c1-16-10(15)8-12(5-3-6-12)11-9(13)4-2-7-14-11/h2,4,7H,3,5-6,8H2,1H3. The topological polar surface area (TPSA) is 39.2 Å². The molecule has 0 aliphatic heterocycles. The molecule has 1 saturated carbocycles. The number of aromatic nitrogens is 1. The number of carbonyl (C=O) groups excluding carboxylic acids is 1. The van der Waals surface area contributed by atoms with E-state index in [9.17, 15) is 9.18 Å². The van der Waals surface area contributed by atoms with Crippen LogP contribution in [0.25, 0.3) is 0 Å². The second-order valence-corrected chi connectivity index (χ2v) is 4.22. The second-order valence-electron chi connectivity index (χ2n) is 4.22. The molecule has 0 N–H and O–H groups in total. The van der Waals surface area contributed by atoms with Crippen molar-refractivity contribution < 1.29 is 13.9 Å². The van der Waals surface area contributed by atoms with Gasteiger partial charge >= 0.3 is 5.97 Å². The van der Waals surface area contributed by atoms with Crippen LogP contribution in [0, 0.1) is 5.82 Å². The monoisotopic (exact) mass is 223 g/mol. The maximum absolute atomic E-state index is 13.6. The molecule has 1 aromatic heterocycles. The zero-order valence-corrected chi connectivity index (χ0v) is 9.20. The highest BCUT2D eigenvalue weighted by Crippen LogP contribution is 2.46. The normalized spacial score (nSPS) is 17.6. The molecule has 1 heterocycles. The third-order valence-electron chi connectivity index (χ3n) is 3.28. The predicted octanol–water partition coefficient (Wildman–Crippen LogP) is 2.21. The fourth-order valence-electron chi connectivity index (χ4n) is 2.23. The van der Waals surface area contributed by atoms with Crippen LogP contribution < -0.4 is 0 Å². The molecule has 1 aliphatic carbocycles. The number of carbonyl (C=O) groups is 1. The summed E-state index contributed by atoms with van der Waals surface area (Å²) in [5.41, 5.74) is -0.0232. The quantitative estimate of drug-likeness (QED) is 0.737. The number of methoxy groups -OCH3 is 1. The van der Waals surface area contributed by atoms with Gasteiger partial charge in [0, 0.05) is 11.6 Å². The molecule has 0 atom stereocenters. The van der Waals surface area contributed by atoms with Crippen LogP contribution in [-0.4, -0.2) is 18.1 Å². The van der Waals surface area contributed by atoms with Gasteiger partial charge in [0.1, 0.15) is 5.82 Å². The van der Waals surface area contributed by atoms with Crippen molar-refractivity contribution in [3.63, 3.8) is 0 Å². The SMILES string of the molecule is COC(=O)CC1(c2ncccc2F)CCC1. The Labute approximate surface area is 93.6 Å². The van der Waals surface area contributed by atoms with Crippen LogP contribution in [0.3, 0.4) is 0 Å². The number of nitrogens with zero attached hydrogens (tertiary/aromatic N) is 1. The van der Waals surface area contributed by atoms with Gasteiger partial charge in [0.05, 0.1) is 19.2 Å². The predicted molar refractivity (Wildman–Crippen MR) is 56.4 cm³/mol. The zero-order valence-electron chi connectivity index (χ0n) is 9.20. The molecule has 0 spiro atoms. The first-order valence-corrected chi connectivity index (χ1v) is 5.36. The Morgan fingerprint density at radius 2 is 2.38 bits per heavy atom. The Balaban J connectivity index is 2.28. The second kappa shape index (κ2) is 4.20. The van der Waals surface area contributed by atoms with Crippen LogP contribution in [0.15, 0.2) is 18.3 Å². The summed E-state index contributed by atoms with van der Waals surface area (Å²) in [6.07, 6.45) is 4.40. The number of pyridine rings is 1. The van der Waals surface area contributed by atoms with Crippen LogP contribution in [-0.2, 0) is 14.9 Å². The highest BCUT2D eigenvalue weighted by molar-refractivity contribution is 5.71. The van der Waals surface area contributed by atoms with Crippen molar-refractivity contribution in [1.82, 2.24) is 4.98 Å². The molecule has 86 valence electrons. The summed E-state index contributed by atoms with van der Waals surface area (Å²) < 4.78 is 18.3. The first-order chi connectivity index (χ1) is 7.68. The van der Waals surface area contributed by atoms with E-state index in [0.29, 0.717) is 5.69 Å². The van der Waals surface area contributed by atoms with Crippen molar-refractivity contribution in [1.29, 1.82) is 0 Å². The Bertz CT molecular complexity index is 402. The molecule has 4 heteroatoms. The molecule has 16 heavy (non-hydrogen) atoms. The molecule has 0 aromatic carbocycles. The molecule has 0 amide bonds. The molecular weight excluding hydrogens is 209 g/mol. The van der Waals surface area contributed by atoms with Crippen LogP contribution in [0.5, 0.6) is 0 Å².